The van der Waals surface area contributed by atoms with Crippen LogP contribution in [-0.4, -0.2) is 64.7 Å². The van der Waals surface area contributed by atoms with Crippen molar-refractivity contribution >= 4 is 197 Å². The Bertz CT molecular complexity index is 5050. The molecule has 3 fully saturated rings. The average Bonchev–Trinajstić information content (AvgIpc) is 1.46. The van der Waals surface area contributed by atoms with Gasteiger partial charge in [-0.2, -0.15) is 0 Å². The van der Waals surface area contributed by atoms with Crippen LogP contribution in [0.15, 0.2) is 221 Å². The lowest BCUT2D eigenvalue weighted by atomic mass is 9.49. The average molecular weight is 1420 g/mol. The zero-order chi connectivity index (χ0) is 65.7. The molecular weight excluding hydrogens is 1350 g/mol. The monoisotopic (exact) mass is 1420 g/mol. The summed E-state index contributed by atoms with van der Waals surface area (Å²) >= 11 is 12.7. The van der Waals surface area contributed by atoms with Gasteiger partial charge in [-0.25, -0.2) is 0 Å². The second kappa shape index (κ2) is 24.8. The third-order valence-corrected chi connectivity index (χ3v) is 24.5. The van der Waals surface area contributed by atoms with E-state index in [9.17, 15) is 0 Å². The van der Waals surface area contributed by atoms with Crippen molar-refractivity contribution in [1.82, 2.24) is 9.97 Å². The van der Waals surface area contributed by atoms with Crippen LogP contribution in [0, 0.1) is 0 Å². The van der Waals surface area contributed by atoms with Gasteiger partial charge in [0.2, 0.25) is 0 Å². The Labute approximate surface area is 578 Å². The first-order valence-corrected chi connectivity index (χ1v) is 36.0. The molecule has 0 bridgehead atoms. The fourth-order valence-electron chi connectivity index (χ4n) is 12.7. The van der Waals surface area contributed by atoms with Crippen LogP contribution in [0.1, 0.15) is 83.1 Å². The lowest BCUT2D eigenvalue weighted by Crippen LogP contribution is -2.41. The van der Waals surface area contributed by atoms with Gasteiger partial charge in [-0.1, -0.05) is 171 Å². The number of H-pyrrole nitrogens is 2. The largest absolute Gasteiger partial charge is 0.495 e. The highest BCUT2D eigenvalue weighted by Gasteiger charge is 2.64. The lowest BCUT2D eigenvalue weighted by molar-refractivity contribution is 0.00578. The summed E-state index contributed by atoms with van der Waals surface area (Å²) < 4.78 is 46.7. The van der Waals surface area contributed by atoms with Gasteiger partial charge in [-0.3, -0.25) is 0 Å². The standard InChI is InChI=1S/C24H15NS.C18H19BO2S.C12H24B2O4.C12H8BrN.C12H7BrS/c1-3-11-19-17(7-1)23-15(9-5-12-20(23)25-19)16-10-6-14-22-24(16)18-8-2-4-13-21(18)26-22;1-17(2)18(3,4)21-19(20-17)13-9-7-11-15-16(13)12-8-5-6-10-14(12)22-15;1-9(2)10(3,4)16-13(15-9)14-17-11(5,6)12(7,8)18-14;2*13-9-5-3-7-11-12(9)8-4-1-2-6-10(8)14-11/h1-14,25H;5-11H,1-4H3;1-8H3;1-7,14H;1-7H. The minimum atomic E-state index is -0.476. The molecule has 10 aromatic carbocycles. The van der Waals surface area contributed by atoms with Gasteiger partial charge in [-0.15, -0.1) is 34.0 Å². The van der Waals surface area contributed by atoms with Crippen LogP contribution in [0.5, 0.6) is 0 Å². The minimum absolute atomic E-state index is 0.313. The Morgan fingerprint density at radius 1 is 0.277 bits per heavy atom. The molecule has 0 saturated carbocycles. The lowest BCUT2D eigenvalue weighted by Gasteiger charge is -2.32. The number of halogens is 2. The number of benzene rings is 10. The molecule has 18 rings (SSSR count). The highest BCUT2D eigenvalue weighted by Crippen LogP contribution is 2.46. The van der Waals surface area contributed by atoms with Crippen molar-refractivity contribution in [2.75, 3.05) is 0 Å². The van der Waals surface area contributed by atoms with Crippen molar-refractivity contribution in [1.29, 1.82) is 0 Å². The van der Waals surface area contributed by atoms with Crippen molar-refractivity contribution in [3.8, 4) is 11.1 Å². The number of nitrogens with one attached hydrogen (secondary N) is 2. The normalized spacial score (nSPS) is 17.4. The van der Waals surface area contributed by atoms with Crippen LogP contribution in [0.3, 0.4) is 0 Å². The van der Waals surface area contributed by atoms with Crippen molar-refractivity contribution < 1.29 is 27.9 Å². The summed E-state index contributed by atoms with van der Waals surface area (Å²) in [6.07, 6.45) is 0. The number of thiophene rings is 3. The summed E-state index contributed by atoms with van der Waals surface area (Å²) in [7, 11) is -1.26. The molecule has 0 amide bonds. The van der Waals surface area contributed by atoms with Gasteiger partial charge >= 0.3 is 21.1 Å². The molecule has 0 aliphatic carbocycles. The van der Waals surface area contributed by atoms with E-state index in [1.165, 1.54) is 120 Å². The highest BCUT2D eigenvalue weighted by molar-refractivity contribution is 9.11. The number of fused-ring (bicyclic) bond motifs is 15. The van der Waals surface area contributed by atoms with Crippen molar-refractivity contribution in [2.45, 2.75) is 117 Å². The number of hydrogen-bond donors (Lipinski definition) is 2. The molecule has 16 heteroatoms. The molecule has 0 atom stereocenters. The fraction of sp³-hybridized carbons (Fsp3) is 0.231. The summed E-state index contributed by atoms with van der Waals surface area (Å²) in [5.41, 5.74) is 6.44. The Morgan fingerprint density at radius 3 is 1.09 bits per heavy atom. The third-order valence-electron chi connectivity index (χ3n) is 19.8. The van der Waals surface area contributed by atoms with E-state index in [1.807, 2.05) is 102 Å². The summed E-state index contributed by atoms with van der Waals surface area (Å²) in [6, 6.07) is 74.9. The number of rotatable bonds is 3. The van der Waals surface area contributed by atoms with Gasteiger partial charge in [-0.05, 0) is 178 Å². The predicted octanol–water partition coefficient (Wildman–Crippen LogP) is 22.9. The summed E-state index contributed by atoms with van der Waals surface area (Å²) in [5, 5.41) is 13.1. The fourth-order valence-corrected chi connectivity index (χ4v) is 17.4. The topological polar surface area (TPSA) is 87.0 Å². The maximum atomic E-state index is 6.26. The van der Waals surface area contributed by atoms with Crippen LogP contribution >= 0.6 is 65.9 Å². The van der Waals surface area contributed by atoms with Crippen LogP contribution in [0.4, 0.5) is 0 Å². The van der Waals surface area contributed by atoms with E-state index in [4.69, 9.17) is 27.9 Å². The van der Waals surface area contributed by atoms with Gasteiger partial charge in [0.15, 0.2) is 0 Å². The molecule has 0 spiro atoms. The summed E-state index contributed by atoms with van der Waals surface area (Å²) in [5.74, 6) is 0. The maximum absolute atomic E-state index is 6.26. The third kappa shape index (κ3) is 11.8. The number of aromatic nitrogens is 2. The minimum Gasteiger partial charge on any atom is -0.405 e. The first-order valence-electron chi connectivity index (χ1n) is 32.0. The zero-order valence-corrected chi connectivity index (χ0v) is 60.5. The molecule has 8 heterocycles. The number of para-hydroxylation sites is 2. The van der Waals surface area contributed by atoms with Gasteiger partial charge in [0.05, 0.1) is 33.6 Å². The second-order valence-electron chi connectivity index (χ2n) is 27.4. The van der Waals surface area contributed by atoms with E-state index < -0.39 is 14.0 Å². The van der Waals surface area contributed by atoms with Crippen LogP contribution in [-0.2, 0) is 27.9 Å². The molecule has 3 aliphatic rings. The maximum Gasteiger partial charge on any atom is 0.495 e. The van der Waals surface area contributed by atoms with Gasteiger partial charge in [0, 0.05) is 108 Å². The smallest absolute Gasteiger partial charge is 0.405 e. The Kier molecular flexibility index (Phi) is 17.1. The first-order chi connectivity index (χ1) is 44.9. The molecule has 94 heavy (non-hydrogen) atoms. The van der Waals surface area contributed by atoms with Crippen molar-refractivity contribution in [2.24, 2.45) is 0 Å². The molecule has 472 valence electrons. The highest BCUT2D eigenvalue weighted by atomic mass is 79.9. The van der Waals surface area contributed by atoms with E-state index in [0.29, 0.717) is 0 Å². The molecule has 3 aliphatic heterocycles. The van der Waals surface area contributed by atoms with Crippen LogP contribution in [0.25, 0.3) is 115 Å². The molecule has 8 nitrogen and oxygen atoms in total. The quantitative estimate of drug-likeness (QED) is 0.171. The van der Waals surface area contributed by atoms with E-state index >= 15 is 0 Å². The number of aromatic amines is 2. The molecule has 5 aromatic heterocycles. The van der Waals surface area contributed by atoms with E-state index in [-0.39, 0.29) is 40.7 Å². The first kappa shape index (κ1) is 64.7. The van der Waals surface area contributed by atoms with E-state index in [0.717, 1.165) is 9.94 Å². The van der Waals surface area contributed by atoms with E-state index in [1.54, 1.807) is 0 Å². The molecule has 0 unspecified atom stereocenters. The summed E-state index contributed by atoms with van der Waals surface area (Å²) in [4.78, 5) is 6.96. The van der Waals surface area contributed by atoms with Crippen LogP contribution in [0.2, 0.25) is 0 Å². The Balaban J connectivity index is 0.000000104. The van der Waals surface area contributed by atoms with Gasteiger partial charge in [0.25, 0.3) is 0 Å². The van der Waals surface area contributed by atoms with Crippen molar-refractivity contribution in [3.63, 3.8) is 0 Å². The molecular formula is C78H73B3Br2N2O6S3. The van der Waals surface area contributed by atoms with E-state index in [2.05, 4.69) is 270 Å². The van der Waals surface area contributed by atoms with Crippen LogP contribution < -0.4 is 5.46 Å². The summed E-state index contributed by atoms with van der Waals surface area (Å²) in [6.45, 7) is 24.6. The predicted molar refractivity (Wildman–Crippen MR) is 412 cm³/mol. The Morgan fingerprint density at radius 2 is 0.585 bits per heavy atom. The zero-order valence-electron chi connectivity index (χ0n) is 54.9. The molecule has 3 saturated heterocycles. The number of hydrogen-bond acceptors (Lipinski definition) is 9. The SMILES string of the molecule is Brc1cccc2[nH]c3ccccc3c12.Brc1cccc2sc3ccccc3c12.CC1(C)OB(B2OC(C)(C)C(C)(C)O2)OC1(C)C.CC1(C)OB(c2cccc3sc4ccccc4c23)OC1(C)C.c1ccc2c(c1)[nH]c1cccc(-c3cccc4sc5ccccc5c34)c12. The Hall–Kier alpha value is -6.63. The van der Waals surface area contributed by atoms with Gasteiger partial charge in [0.1, 0.15) is 0 Å². The molecule has 2 N–H and O–H groups in total. The van der Waals surface area contributed by atoms with Crippen molar-refractivity contribution in [3.05, 3.63) is 221 Å². The van der Waals surface area contributed by atoms with Gasteiger partial charge < -0.3 is 37.9 Å². The second-order valence-corrected chi connectivity index (χ2v) is 32.3. The molecule has 15 aromatic rings. The molecule has 0 radical (unpaired) electrons.